The van der Waals surface area contributed by atoms with E-state index in [1.54, 1.807) is 48.7 Å². The Kier molecular flexibility index (Phi) is 6.41. The highest BCUT2D eigenvalue weighted by Gasteiger charge is 2.13. The van der Waals surface area contributed by atoms with Gasteiger partial charge in [0.15, 0.2) is 5.95 Å². The molecule has 1 aromatic heterocycles. The number of nitrogen functional groups attached to an aromatic ring is 1. The summed E-state index contributed by atoms with van der Waals surface area (Å²) in [5, 5.41) is 2.89. The summed E-state index contributed by atoms with van der Waals surface area (Å²) in [5.41, 5.74) is 9.57. The van der Waals surface area contributed by atoms with Crippen LogP contribution in [0, 0.1) is 0 Å². The number of H-pyrrole nitrogens is 1. The smallest absolute Gasteiger partial charge is 0.261 e. The third kappa shape index (κ3) is 5.78. The molecule has 4 aromatic rings. The van der Waals surface area contributed by atoms with E-state index < -0.39 is 10.0 Å². The van der Waals surface area contributed by atoms with Crippen molar-refractivity contribution < 1.29 is 13.2 Å². The van der Waals surface area contributed by atoms with Crippen LogP contribution in [0.3, 0.4) is 0 Å². The fourth-order valence-corrected chi connectivity index (χ4v) is 4.32. The van der Waals surface area contributed by atoms with Gasteiger partial charge >= 0.3 is 0 Å². The van der Waals surface area contributed by atoms with Gasteiger partial charge in [-0.3, -0.25) is 9.52 Å². The topological polar surface area (TPSA) is 130 Å². The van der Waals surface area contributed by atoms with Gasteiger partial charge in [-0.25, -0.2) is 13.4 Å². The summed E-state index contributed by atoms with van der Waals surface area (Å²) >= 11 is 0. The zero-order valence-corrected chi connectivity index (χ0v) is 18.5. The van der Waals surface area contributed by atoms with E-state index in [4.69, 9.17) is 5.73 Å². The molecule has 0 radical (unpaired) electrons. The number of carbonyl (C=O) groups is 1. The molecule has 9 heteroatoms. The van der Waals surface area contributed by atoms with Crippen LogP contribution in [0.25, 0.3) is 11.3 Å². The summed E-state index contributed by atoms with van der Waals surface area (Å²) in [6.45, 7) is 0.402. The maximum atomic E-state index is 12.4. The Morgan fingerprint density at radius 1 is 0.909 bits per heavy atom. The van der Waals surface area contributed by atoms with Crippen LogP contribution in [0.15, 0.2) is 90.0 Å². The van der Waals surface area contributed by atoms with Crippen molar-refractivity contribution in [1.82, 2.24) is 15.3 Å². The molecule has 0 aliphatic carbocycles. The number of sulfonamides is 1. The zero-order valence-electron chi connectivity index (χ0n) is 17.7. The monoisotopic (exact) mass is 461 g/mol. The largest absolute Gasteiger partial charge is 0.369 e. The molecular formula is C24H23N5O3S. The van der Waals surface area contributed by atoms with E-state index in [2.05, 4.69) is 20.0 Å². The van der Waals surface area contributed by atoms with Crippen molar-refractivity contribution in [2.75, 3.05) is 10.5 Å². The second-order valence-corrected chi connectivity index (χ2v) is 9.13. The molecule has 0 atom stereocenters. The maximum Gasteiger partial charge on any atom is 0.261 e. The van der Waals surface area contributed by atoms with Crippen molar-refractivity contribution in [1.29, 1.82) is 0 Å². The van der Waals surface area contributed by atoms with Gasteiger partial charge in [-0.15, -0.1) is 0 Å². The highest BCUT2D eigenvalue weighted by Crippen LogP contribution is 2.19. The van der Waals surface area contributed by atoms with E-state index in [0.717, 1.165) is 22.4 Å². The second-order valence-electron chi connectivity index (χ2n) is 7.45. The summed E-state index contributed by atoms with van der Waals surface area (Å²) < 4.78 is 27.3. The Bertz CT molecular complexity index is 1330. The predicted octanol–water partition coefficient (Wildman–Crippen LogP) is 3.32. The van der Waals surface area contributed by atoms with E-state index >= 15 is 0 Å². The first-order chi connectivity index (χ1) is 15.9. The van der Waals surface area contributed by atoms with Gasteiger partial charge in [0.1, 0.15) is 0 Å². The Morgan fingerprint density at radius 3 is 2.21 bits per heavy atom. The summed E-state index contributed by atoms with van der Waals surface area (Å²) in [6.07, 6.45) is 1.86. The average Bonchev–Trinajstić information content (AvgIpc) is 3.26. The normalized spacial score (nSPS) is 11.2. The van der Waals surface area contributed by atoms with Gasteiger partial charge < -0.3 is 16.0 Å². The molecule has 0 aliphatic rings. The van der Waals surface area contributed by atoms with Crippen molar-refractivity contribution in [3.8, 4) is 11.3 Å². The molecule has 168 valence electrons. The lowest BCUT2D eigenvalue weighted by Gasteiger charge is -2.09. The van der Waals surface area contributed by atoms with Gasteiger partial charge in [0, 0.05) is 12.2 Å². The van der Waals surface area contributed by atoms with Gasteiger partial charge in [-0.05, 0) is 41.0 Å². The quantitative estimate of drug-likeness (QED) is 0.320. The standard InChI is InChI=1S/C24H23N5O3S/c25-24-27-16-22(28-24)19-10-6-18(7-11-19)15-26-23(30)14-17-8-12-20(13-9-17)29-33(31,32)21-4-2-1-3-5-21/h1-13,16,29H,14-15H2,(H,26,30)(H3,25,27,28). The Labute approximate surface area is 191 Å². The summed E-state index contributed by atoms with van der Waals surface area (Å²) in [6, 6.07) is 22.6. The van der Waals surface area contributed by atoms with Crippen molar-refractivity contribution in [2.24, 2.45) is 0 Å². The Morgan fingerprint density at radius 2 is 1.58 bits per heavy atom. The second kappa shape index (κ2) is 9.58. The van der Waals surface area contributed by atoms with E-state index in [1.807, 2.05) is 24.3 Å². The first-order valence-electron chi connectivity index (χ1n) is 10.2. The van der Waals surface area contributed by atoms with Crippen LogP contribution in [-0.4, -0.2) is 24.3 Å². The van der Waals surface area contributed by atoms with E-state index in [1.165, 1.54) is 12.1 Å². The maximum absolute atomic E-state index is 12.4. The molecule has 0 aliphatic heterocycles. The minimum absolute atomic E-state index is 0.127. The van der Waals surface area contributed by atoms with Crippen molar-refractivity contribution in [3.63, 3.8) is 0 Å². The van der Waals surface area contributed by atoms with Crippen LogP contribution in [0.5, 0.6) is 0 Å². The Hall–Kier alpha value is -4.11. The molecule has 0 bridgehead atoms. The summed E-state index contributed by atoms with van der Waals surface area (Å²) in [4.78, 5) is 19.5. The number of nitrogens with zero attached hydrogens (tertiary/aromatic N) is 1. The van der Waals surface area contributed by atoms with Crippen molar-refractivity contribution in [3.05, 3.63) is 96.2 Å². The SMILES string of the molecule is Nc1ncc(-c2ccc(CNC(=O)Cc3ccc(NS(=O)(=O)c4ccccc4)cc3)cc2)[nH]1. The van der Waals surface area contributed by atoms with Gasteiger partial charge in [-0.2, -0.15) is 0 Å². The number of aromatic amines is 1. The lowest BCUT2D eigenvalue weighted by atomic mass is 10.1. The summed E-state index contributed by atoms with van der Waals surface area (Å²) in [7, 11) is -3.65. The lowest BCUT2D eigenvalue weighted by Crippen LogP contribution is -2.24. The van der Waals surface area contributed by atoms with Crippen molar-refractivity contribution in [2.45, 2.75) is 17.9 Å². The van der Waals surface area contributed by atoms with Gasteiger partial charge in [-0.1, -0.05) is 54.6 Å². The predicted molar refractivity (Wildman–Crippen MR) is 128 cm³/mol. The molecule has 1 amide bonds. The van der Waals surface area contributed by atoms with Gasteiger partial charge in [0.05, 0.1) is 23.2 Å². The first kappa shape index (κ1) is 22.1. The number of rotatable bonds is 8. The number of nitrogens with one attached hydrogen (secondary N) is 3. The molecule has 0 fully saturated rings. The molecule has 0 spiro atoms. The van der Waals surface area contributed by atoms with Crippen LogP contribution in [0.2, 0.25) is 0 Å². The first-order valence-corrected chi connectivity index (χ1v) is 11.7. The summed E-state index contributed by atoms with van der Waals surface area (Å²) in [5.74, 6) is 0.237. The number of benzene rings is 3. The van der Waals surface area contributed by atoms with E-state index in [-0.39, 0.29) is 17.2 Å². The molecule has 4 rings (SSSR count). The zero-order chi connectivity index (χ0) is 23.3. The molecule has 8 nitrogen and oxygen atoms in total. The fourth-order valence-electron chi connectivity index (χ4n) is 3.24. The number of aromatic nitrogens is 2. The highest BCUT2D eigenvalue weighted by atomic mass is 32.2. The van der Waals surface area contributed by atoms with Crippen LogP contribution in [0.1, 0.15) is 11.1 Å². The molecule has 1 heterocycles. The highest BCUT2D eigenvalue weighted by molar-refractivity contribution is 7.92. The van der Waals surface area contributed by atoms with Gasteiger partial charge in [0.2, 0.25) is 5.91 Å². The number of hydrogen-bond acceptors (Lipinski definition) is 5. The Balaban J connectivity index is 1.29. The van der Waals surface area contributed by atoms with Crippen molar-refractivity contribution >= 4 is 27.6 Å². The molecule has 5 N–H and O–H groups in total. The number of imidazole rings is 1. The average molecular weight is 462 g/mol. The van der Waals surface area contributed by atoms with Crippen LogP contribution >= 0.6 is 0 Å². The fraction of sp³-hybridized carbons (Fsp3) is 0.0833. The molecule has 0 saturated carbocycles. The third-order valence-electron chi connectivity index (χ3n) is 4.97. The molecule has 33 heavy (non-hydrogen) atoms. The van der Waals surface area contributed by atoms with E-state index in [0.29, 0.717) is 18.2 Å². The molecule has 3 aromatic carbocycles. The van der Waals surface area contributed by atoms with E-state index in [9.17, 15) is 13.2 Å². The minimum Gasteiger partial charge on any atom is -0.369 e. The third-order valence-corrected chi connectivity index (χ3v) is 6.37. The molecule has 0 unspecified atom stereocenters. The number of carbonyl (C=O) groups excluding carboxylic acids is 1. The van der Waals surface area contributed by atoms with Crippen LogP contribution < -0.4 is 15.8 Å². The number of anilines is 2. The minimum atomic E-state index is -3.65. The molecule has 0 saturated heterocycles. The number of hydrogen-bond donors (Lipinski definition) is 4. The number of amides is 1. The van der Waals surface area contributed by atoms with Crippen LogP contribution in [-0.2, 0) is 27.8 Å². The lowest BCUT2D eigenvalue weighted by molar-refractivity contribution is -0.120. The van der Waals surface area contributed by atoms with Crippen LogP contribution in [0.4, 0.5) is 11.6 Å². The molecular weight excluding hydrogens is 438 g/mol. The number of nitrogens with two attached hydrogens (primary N) is 1. The van der Waals surface area contributed by atoms with Gasteiger partial charge in [0.25, 0.3) is 10.0 Å².